The Bertz CT molecular complexity index is 598. The molecule has 6 nitrogen and oxygen atoms in total. The van der Waals surface area contributed by atoms with Gasteiger partial charge in [-0.1, -0.05) is 12.1 Å². The minimum Gasteiger partial charge on any atom is -0.465 e. The molecule has 1 N–H and O–H groups in total. The van der Waals surface area contributed by atoms with Gasteiger partial charge in [0, 0.05) is 6.42 Å². The van der Waals surface area contributed by atoms with Crippen LogP contribution >= 0.6 is 0 Å². The molecule has 0 heterocycles. The van der Waals surface area contributed by atoms with E-state index in [0.29, 0.717) is 0 Å². The molecular weight excluding hydrogens is 319 g/mol. The Morgan fingerprint density at radius 2 is 1.67 bits per heavy atom. The molecule has 1 aromatic rings. The molecule has 1 rings (SSSR count). The Labute approximate surface area is 139 Å². The van der Waals surface area contributed by atoms with E-state index in [1.165, 1.54) is 26.0 Å². The van der Waals surface area contributed by atoms with E-state index in [0.717, 1.165) is 12.1 Å². The lowest BCUT2D eigenvalue weighted by Crippen LogP contribution is -2.50. The maximum absolute atomic E-state index is 13.2. The predicted molar refractivity (Wildman–Crippen MR) is 82.7 cm³/mol. The van der Waals surface area contributed by atoms with E-state index >= 15 is 0 Å². The van der Waals surface area contributed by atoms with Crippen molar-refractivity contribution in [2.45, 2.75) is 38.7 Å². The second-order valence-corrected chi connectivity index (χ2v) is 5.26. The number of aliphatic hydroxyl groups is 1. The van der Waals surface area contributed by atoms with E-state index < -0.39 is 41.5 Å². The van der Waals surface area contributed by atoms with Crippen molar-refractivity contribution >= 4 is 17.7 Å². The fourth-order valence-corrected chi connectivity index (χ4v) is 2.42. The second-order valence-electron chi connectivity index (χ2n) is 5.26. The van der Waals surface area contributed by atoms with E-state index in [2.05, 4.69) is 0 Å². The smallest absolute Gasteiger partial charge is 0.339 e. The van der Waals surface area contributed by atoms with Gasteiger partial charge in [0.2, 0.25) is 0 Å². The van der Waals surface area contributed by atoms with E-state index in [9.17, 15) is 23.9 Å². The molecule has 132 valence electrons. The van der Waals surface area contributed by atoms with Crippen LogP contribution in [0.2, 0.25) is 0 Å². The monoisotopic (exact) mass is 340 g/mol. The minimum absolute atomic E-state index is 0.00943. The number of hydrogen-bond donors (Lipinski definition) is 1. The van der Waals surface area contributed by atoms with Crippen LogP contribution in [-0.2, 0) is 23.9 Å². The number of ketones is 1. The highest BCUT2D eigenvalue weighted by Gasteiger charge is 2.51. The molecule has 7 heteroatoms. The SMILES string of the molecule is CCOC(=O)[C@H](c1ccc(F)cc1)[C@](O)(CC(C)=O)C(=O)OCC. The van der Waals surface area contributed by atoms with Crippen LogP contribution in [-0.4, -0.2) is 41.6 Å². The number of Topliss-reactive ketones (excluding diaryl/α,β-unsaturated/α-hetero) is 1. The van der Waals surface area contributed by atoms with Crippen molar-refractivity contribution in [3.63, 3.8) is 0 Å². The highest BCUT2D eigenvalue weighted by atomic mass is 19.1. The summed E-state index contributed by atoms with van der Waals surface area (Å²) >= 11 is 0. The van der Waals surface area contributed by atoms with Crippen LogP contribution in [0.5, 0.6) is 0 Å². The Balaban J connectivity index is 3.44. The largest absolute Gasteiger partial charge is 0.465 e. The van der Waals surface area contributed by atoms with Gasteiger partial charge in [-0.3, -0.25) is 9.59 Å². The number of hydrogen-bond acceptors (Lipinski definition) is 6. The third kappa shape index (κ3) is 4.61. The third-order valence-corrected chi connectivity index (χ3v) is 3.35. The summed E-state index contributed by atoms with van der Waals surface area (Å²) in [4.78, 5) is 36.2. The van der Waals surface area contributed by atoms with E-state index in [-0.39, 0.29) is 18.8 Å². The molecule has 1 aromatic carbocycles. The molecule has 0 aromatic heterocycles. The Morgan fingerprint density at radius 3 is 2.12 bits per heavy atom. The maximum atomic E-state index is 13.2. The summed E-state index contributed by atoms with van der Waals surface area (Å²) in [6.07, 6.45) is -0.632. The second kappa shape index (κ2) is 8.54. The van der Waals surface area contributed by atoms with Crippen molar-refractivity contribution < 1.29 is 33.4 Å². The summed E-state index contributed by atoms with van der Waals surface area (Å²) in [5.74, 6) is -4.58. The van der Waals surface area contributed by atoms with E-state index in [1.54, 1.807) is 6.92 Å². The highest BCUT2D eigenvalue weighted by Crippen LogP contribution is 2.34. The summed E-state index contributed by atoms with van der Waals surface area (Å²) in [5.41, 5.74) is -2.29. The van der Waals surface area contributed by atoms with Gasteiger partial charge in [-0.05, 0) is 38.5 Å². The van der Waals surface area contributed by atoms with Crippen LogP contribution in [0, 0.1) is 5.82 Å². The first-order valence-corrected chi connectivity index (χ1v) is 7.57. The molecule has 24 heavy (non-hydrogen) atoms. The number of ether oxygens (including phenoxy) is 2. The molecule has 0 unspecified atom stereocenters. The quantitative estimate of drug-likeness (QED) is 0.725. The first-order valence-electron chi connectivity index (χ1n) is 7.57. The summed E-state index contributed by atoms with van der Waals surface area (Å²) in [5, 5.41) is 10.9. The Kier molecular flexibility index (Phi) is 7.03. The van der Waals surface area contributed by atoms with Gasteiger partial charge in [-0.15, -0.1) is 0 Å². The summed E-state index contributed by atoms with van der Waals surface area (Å²) in [6.45, 7) is 4.24. The zero-order valence-electron chi connectivity index (χ0n) is 13.9. The first-order chi connectivity index (χ1) is 11.3. The summed E-state index contributed by atoms with van der Waals surface area (Å²) < 4.78 is 22.9. The standard InChI is InChI=1S/C17H21FO6/c1-4-23-15(20)14(12-6-8-13(18)9-7-12)17(22,10-11(3)19)16(21)24-5-2/h6-9,14,22H,4-5,10H2,1-3H3/t14-,17+/m0/s1. The lowest BCUT2D eigenvalue weighted by molar-refractivity contribution is -0.177. The fraction of sp³-hybridized carbons (Fsp3) is 0.471. The lowest BCUT2D eigenvalue weighted by Gasteiger charge is -2.32. The molecule has 0 aliphatic carbocycles. The number of benzene rings is 1. The third-order valence-electron chi connectivity index (χ3n) is 3.35. The first kappa shape index (κ1) is 19.8. The van der Waals surface area contributed by atoms with Crippen LogP contribution in [0.25, 0.3) is 0 Å². The molecule has 0 aliphatic rings. The van der Waals surface area contributed by atoms with Crippen molar-refractivity contribution in [2.24, 2.45) is 0 Å². The van der Waals surface area contributed by atoms with Crippen LogP contribution in [0.3, 0.4) is 0 Å². The molecular formula is C17H21FO6. The topological polar surface area (TPSA) is 89.9 Å². The van der Waals surface area contributed by atoms with Gasteiger partial charge < -0.3 is 14.6 Å². The van der Waals surface area contributed by atoms with E-state index in [4.69, 9.17) is 9.47 Å². The molecule has 0 aliphatic heterocycles. The van der Waals surface area contributed by atoms with Gasteiger partial charge in [0.25, 0.3) is 0 Å². The van der Waals surface area contributed by atoms with Crippen LogP contribution in [0.15, 0.2) is 24.3 Å². The van der Waals surface area contributed by atoms with Gasteiger partial charge in [0.15, 0.2) is 5.60 Å². The number of esters is 2. The number of carbonyl (C=O) groups is 3. The molecule has 0 bridgehead atoms. The fourth-order valence-electron chi connectivity index (χ4n) is 2.42. The van der Waals surface area contributed by atoms with E-state index in [1.807, 2.05) is 0 Å². The summed E-state index contributed by atoms with van der Waals surface area (Å²) in [7, 11) is 0. The Morgan fingerprint density at radius 1 is 1.12 bits per heavy atom. The van der Waals surface area contributed by atoms with Crippen molar-refractivity contribution in [3.8, 4) is 0 Å². The zero-order valence-corrected chi connectivity index (χ0v) is 13.9. The van der Waals surface area contributed by atoms with Crippen molar-refractivity contribution in [1.82, 2.24) is 0 Å². The number of halogens is 1. The van der Waals surface area contributed by atoms with Crippen molar-refractivity contribution in [2.75, 3.05) is 13.2 Å². The molecule has 0 saturated heterocycles. The molecule has 2 atom stereocenters. The summed E-state index contributed by atoms with van der Waals surface area (Å²) in [6, 6.07) is 4.67. The molecule has 0 spiro atoms. The molecule has 0 saturated carbocycles. The van der Waals surface area contributed by atoms with Crippen molar-refractivity contribution in [1.29, 1.82) is 0 Å². The minimum atomic E-state index is -2.44. The van der Waals surface area contributed by atoms with Crippen molar-refractivity contribution in [3.05, 3.63) is 35.6 Å². The average molecular weight is 340 g/mol. The average Bonchev–Trinajstić information content (AvgIpc) is 2.49. The van der Waals surface area contributed by atoms with Crippen LogP contribution < -0.4 is 0 Å². The van der Waals surface area contributed by atoms with Gasteiger partial charge in [-0.2, -0.15) is 0 Å². The maximum Gasteiger partial charge on any atom is 0.339 e. The molecule has 0 amide bonds. The van der Waals surface area contributed by atoms with Crippen LogP contribution in [0.1, 0.15) is 38.7 Å². The zero-order chi connectivity index (χ0) is 18.3. The highest BCUT2D eigenvalue weighted by molar-refractivity contribution is 5.95. The van der Waals surface area contributed by atoms with Gasteiger partial charge in [0.1, 0.15) is 17.5 Å². The molecule has 0 fully saturated rings. The normalized spacial score (nSPS) is 14.4. The lowest BCUT2D eigenvalue weighted by atomic mass is 9.78. The van der Waals surface area contributed by atoms with Gasteiger partial charge in [0.05, 0.1) is 13.2 Å². The predicted octanol–water partition coefficient (Wildman–Crippen LogP) is 1.75. The Hall–Kier alpha value is -2.28. The number of carbonyl (C=O) groups excluding carboxylic acids is 3. The van der Waals surface area contributed by atoms with Gasteiger partial charge in [-0.25, -0.2) is 9.18 Å². The molecule has 0 radical (unpaired) electrons. The van der Waals surface area contributed by atoms with Crippen LogP contribution in [0.4, 0.5) is 4.39 Å². The van der Waals surface area contributed by atoms with Gasteiger partial charge >= 0.3 is 11.9 Å². The number of rotatable bonds is 8.